The van der Waals surface area contributed by atoms with Gasteiger partial charge in [0.15, 0.2) is 0 Å². The molecule has 0 saturated heterocycles. The minimum atomic E-state index is -3.72. The summed E-state index contributed by atoms with van der Waals surface area (Å²) < 4.78 is 24.4. The summed E-state index contributed by atoms with van der Waals surface area (Å²) in [5.41, 5.74) is 3.38. The van der Waals surface area contributed by atoms with E-state index in [-0.39, 0.29) is 10.0 Å². The van der Waals surface area contributed by atoms with Gasteiger partial charge in [-0.05, 0) is 44.2 Å². The molecule has 0 bridgehead atoms. The topological polar surface area (TPSA) is 71.4 Å². The van der Waals surface area contributed by atoms with E-state index in [4.69, 9.17) is 11.6 Å². The van der Waals surface area contributed by atoms with Gasteiger partial charge < -0.3 is 0 Å². The van der Waals surface area contributed by atoms with Crippen LogP contribution in [0.5, 0.6) is 0 Å². The van der Waals surface area contributed by atoms with Gasteiger partial charge in [-0.25, -0.2) is 9.82 Å². The smallest absolute Gasteiger partial charge is 0.235 e. The number of fused-ring (bicyclic) bond motifs is 1. The summed E-state index contributed by atoms with van der Waals surface area (Å²) in [6.45, 7) is 3.87. The molecule has 3 aromatic rings. The maximum atomic E-state index is 12.2. The van der Waals surface area contributed by atoms with Gasteiger partial charge in [0, 0.05) is 10.9 Å². The van der Waals surface area contributed by atoms with Crippen LogP contribution in [-0.4, -0.2) is 19.6 Å². The maximum absolute atomic E-state index is 12.2. The third-order valence-corrected chi connectivity index (χ3v) is 5.20. The number of nitrogens with one attached hydrogen (secondary N) is 1. The molecule has 0 aliphatic heterocycles. The molecule has 0 amide bonds. The Bertz CT molecular complexity index is 1060. The summed E-state index contributed by atoms with van der Waals surface area (Å²) in [7, 11) is -3.72. The van der Waals surface area contributed by atoms with Gasteiger partial charge in [-0.1, -0.05) is 40.9 Å². The van der Waals surface area contributed by atoms with Gasteiger partial charge in [-0.15, -0.1) is 0 Å². The van der Waals surface area contributed by atoms with Crippen molar-refractivity contribution in [1.82, 2.24) is 9.82 Å². The molecular weight excluding hydrogens is 358 g/mol. The number of benzene rings is 2. The Morgan fingerprint density at radius 2 is 1.72 bits per heavy atom. The third-order valence-electron chi connectivity index (χ3n) is 3.66. The number of aromatic nitrogens is 1. The lowest BCUT2D eigenvalue weighted by atomic mass is 10.1. The van der Waals surface area contributed by atoms with Gasteiger partial charge >= 0.3 is 0 Å². The maximum Gasteiger partial charge on any atom is 0.276 e. The number of hydrogen-bond donors (Lipinski definition) is 1. The van der Waals surface area contributed by atoms with Crippen LogP contribution in [0.4, 0.5) is 0 Å². The van der Waals surface area contributed by atoms with Crippen molar-refractivity contribution in [3.8, 4) is 0 Å². The average molecular weight is 374 g/mol. The highest BCUT2D eigenvalue weighted by atomic mass is 35.5. The summed E-state index contributed by atoms with van der Waals surface area (Å²) in [5, 5.41) is 4.98. The minimum Gasteiger partial charge on any atom is -0.235 e. The number of pyridine rings is 1. The quantitative estimate of drug-likeness (QED) is 0.429. The van der Waals surface area contributed by atoms with E-state index < -0.39 is 10.0 Å². The van der Waals surface area contributed by atoms with Crippen molar-refractivity contribution in [2.75, 3.05) is 0 Å². The van der Waals surface area contributed by atoms with Crippen LogP contribution in [0.25, 0.3) is 10.9 Å². The van der Waals surface area contributed by atoms with Crippen molar-refractivity contribution in [1.29, 1.82) is 0 Å². The van der Waals surface area contributed by atoms with E-state index in [1.165, 1.54) is 18.3 Å². The molecular formula is C18H16ClN3O2S. The Morgan fingerprint density at radius 1 is 1.04 bits per heavy atom. The predicted octanol–water partition coefficient (Wildman–Crippen LogP) is 3.82. The first-order valence-corrected chi connectivity index (χ1v) is 9.40. The lowest BCUT2D eigenvalue weighted by Crippen LogP contribution is -2.18. The van der Waals surface area contributed by atoms with Gasteiger partial charge in [0.05, 0.1) is 16.6 Å². The van der Waals surface area contributed by atoms with Crippen molar-refractivity contribution in [2.24, 2.45) is 5.10 Å². The van der Waals surface area contributed by atoms with Gasteiger partial charge in [0.25, 0.3) is 10.0 Å². The van der Waals surface area contributed by atoms with E-state index in [1.807, 2.05) is 38.1 Å². The molecule has 0 radical (unpaired) electrons. The molecule has 1 N–H and O–H groups in total. The Balaban J connectivity index is 1.85. The van der Waals surface area contributed by atoms with Crippen molar-refractivity contribution < 1.29 is 8.42 Å². The number of rotatable bonds is 4. The molecule has 5 nitrogen and oxygen atoms in total. The zero-order valence-corrected chi connectivity index (χ0v) is 15.3. The second-order valence-corrected chi connectivity index (χ2v) is 7.75. The fourth-order valence-corrected chi connectivity index (χ4v) is 3.30. The number of hydrogen-bond acceptors (Lipinski definition) is 4. The molecule has 1 heterocycles. The Labute approximate surface area is 151 Å². The van der Waals surface area contributed by atoms with Crippen LogP contribution < -0.4 is 4.83 Å². The van der Waals surface area contributed by atoms with E-state index in [0.29, 0.717) is 5.56 Å². The zero-order valence-electron chi connectivity index (χ0n) is 13.7. The molecule has 2 aromatic carbocycles. The Hall–Kier alpha value is -2.44. The molecule has 0 saturated carbocycles. The predicted molar refractivity (Wildman–Crippen MR) is 101 cm³/mol. The first kappa shape index (κ1) is 17.4. The highest BCUT2D eigenvalue weighted by molar-refractivity contribution is 7.89. The van der Waals surface area contributed by atoms with Crippen molar-refractivity contribution in [3.05, 3.63) is 70.4 Å². The Morgan fingerprint density at radius 3 is 2.44 bits per heavy atom. The molecule has 0 unspecified atom stereocenters. The van der Waals surface area contributed by atoms with E-state index >= 15 is 0 Å². The van der Waals surface area contributed by atoms with Crippen LogP contribution in [0.1, 0.15) is 16.7 Å². The number of aryl methyl sites for hydroxylation is 2. The fraction of sp³-hybridized carbons (Fsp3) is 0.111. The second-order valence-electron chi connectivity index (χ2n) is 5.73. The van der Waals surface area contributed by atoms with Gasteiger partial charge in [0.1, 0.15) is 5.15 Å². The highest BCUT2D eigenvalue weighted by Gasteiger charge is 2.12. The number of nitrogens with zero attached hydrogens (tertiary/aromatic N) is 2. The summed E-state index contributed by atoms with van der Waals surface area (Å²) in [6.07, 6.45) is 1.35. The molecule has 1 aromatic heterocycles. The largest absolute Gasteiger partial charge is 0.276 e. The van der Waals surface area contributed by atoms with Crippen LogP contribution in [0.3, 0.4) is 0 Å². The number of hydrazone groups is 1. The van der Waals surface area contributed by atoms with Gasteiger partial charge in [-0.2, -0.15) is 13.5 Å². The van der Waals surface area contributed by atoms with Crippen molar-refractivity contribution in [2.45, 2.75) is 18.7 Å². The lowest BCUT2D eigenvalue weighted by molar-refractivity contribution is 0.584. The standard InChI is InChI=1S/C18H16ClN3O2S/c1-12-3-6-16(7-4-12)25(23,24)22-20-11-15-10-14-9-13(2)5-8-17(14)21-18(15)19/h3-11,22H,1-2H3/b20-11+. The number of sulfonamides is 1. The second kappa shape index (κ2) is 6.82. The molecule has 128 valence electrons. The molecule has 3 rings (SSSR count). The molecule has 7 heteroatoms. The monoisotopic (exact) mass is 373 g/mol. The van der Waals surface area contributed by atoms with E-state index in [0.717, 1.165) is 22.0 Å². The summed E-state index contributed by atoms with van der Waals surface area (Å²) >= 11 is 6.15. The average Bonchev–Trinajstić information content (AvgIpc) is 2.56. The normalized spacial score (nSPS) is 12.0. The van der Waals surface area contributed by atoms with E-state index in [2.05, 4.69) is 14.9 Å². The SMILES string of the molecule is Cc1ccc(S(=O)(=O)N/N=C/c2cc3cc(C)ccc3nc2Cl)cc1. The van der Waals surface area contributed by atoms with Crippen LogP contribution in [0.15, 0.2) is 58.5 Å². The first-order valence-electron chi connectivity index (χ1n) is 7.54. The molecule has 25 heavy (non-hydrogen) atoms. The van der Waals surface area contributed by atoms with E-state index in [9.17, 15) is 8.42 Å². The first-order chi connectivity index (χ1) is 11.8. The van der Waals surface area contributed by atoms with Crippen molar-refractivity contribution in [3.63, 3.8) is 0 Å². The summed E-state index contributed by atoms with van der Waals surface area (Å²) in [6, 6.07) is 14.1. The molecule has 0 aliphatic rings. The highest BCUT2D eigenvalue weighted by Crippen LogP contribution is 2.20. The van der Waals surface area contributed by atoms with Crippen LogP contribution in [0, 0.1) is 13.8 Å². The summed E-state index contributed by atoms with van der Waals surface area (Å²) in [4.78, 5) is 6.63. The molecule has 0 atom stereocenters. The lowest BCUT2D eigenvalue weighted by Gasteiger charge is -2.05. The van der Waals surface area contributed by atoms with Crippen LogP contribution >= 0.6 is 11.6 Å². The molecule has 0 fully saturated rings. The number of halogens is 1. The minimum absolute atomic E-state index is 0.147. The van der Waals surface area contributed by atoms with Gasteiger partial charge in [-0.3, -0.25) is 0 Å². The Kier molecular flexibility index (Phi) is 4.74. The fourth-order valence-electron chi connectivity index (χ4n) is 2.31. The zero-order chi connectivity index (χ0) is 18.0. The van der Waals surface area contributed by atoms with Crippen LogP contribution in [0.2, 0.25) is 5.15 Å². The van der Waals surface area contributed by atoms with Crippen LogP contribution in [-0.2, 0) is 10.0 Å². The van der Waals surface area contributed by atoms with Crippen molar-refractivity contribution >= 4 is 38.7 Å². The van der Waals surface area contributed by atoms with Gasteiger partial charge in [0.2, 0.25) is 0 Å². The van der Waals surface area contributed by atoms with E-state index in [1.54, 1.807) is 12.1 Å². The molecule has 0 spiro atoms. The molecule has 0 aliphatic carbocycles. The third kappa shape index (κ3) is 3.97. The summed E-state index contributed by atoms with van der Waals surface area (Å²) in [5.74, 6) is 0.